The predicted molar refractivity (Wildman–Crippen MR) is 112 cm³/mol. The van der Waals surface area contributed by atoms with Crippen LogP contribution in [0.2, 0.25) is 0 Å². The number of carboxylic acid groups (broad SMARTS) is 1. The minimum Gasteiger partial charge on any atom is -0.477 e. The third-order valence-corrected chi connectivity index (χ3v) is 5.78. The van der Waals surface area contributed by atoms with Crippen LogP contribution in [0.5, 0.6) is 11.5 Å². The van der Waals surface area contributed by atoms with Gasteiger partial charge in [0, 0.05) is 49.5 Å². The van der Waals surface area contributed by atoms with Crippen molar-refractivity contribution in [2.45, 2.75) is 0 Å². The Morgan fingerprint density at radius 3 is 2.55 bits per heavy atom. The number of hydrogen-bond acceptors (Lipinski definition) is 6. The molecular weight excluding hydrogens is 405 g/mol. The number of hydrogen-bond donors (Lipinski definition) is 1. The lowest BCUT2D eigenvalue weighted by molar-refractivity contribution is 0.0695. The maximum absolute atomic E-state index is 15.0. The lowest BCUT2D eigenvalue weighted by Gasteiger charge is -2.34. The van der Waals surface area contributed by atoms with Gasteiger partial charge in [0.25, 0.3) is 0 Å². The molecule has 0 amide bonds. The van der Waals surface area contributed by atoms with Crippen LogP contribution in [-0.2, 0) is 0 Å². The summed E-state index contributed by atoms with van der Waals surface area (Å²) in [5.74, 6) is -0.821. The van der Waals surface area contributed by atoms with Gasteiger partial charge in [0.05, 0.1) is 11.2 Å². The molecule has 8 nitrogen and oxygen atoms in total. The van der Waals surface area contributed by atoms with Gasteiger partial charge in [-0.05, 0) is 31.3 Å². The first-order chi connectivity index (χ1) is 14.9. The number of aromatic carboxylic acids is 1. The predicted octanol–water partition coefficient (Wildman–Crippen LogP) is 2.31. The zero-order valence-corrected chi connectivity index (χ0v) is 16.8. The van der Waals surface area contributed by atoms with Gasteiger partial charge in [0.15, 0.2) is 11.5 Å². The summed E-state index contributed by atoms with van der Waals surface area (Å²) in [6.45, 7) is 3.00. The van der Waals surface area contributed by atoms with E-state index in [4.69, 9.17) is 9.47 Å². The molecule has 3 heterocycles. The highest BCUT2D eigenvalue weighted by molar-refractivity contribution is 5.94. The van der Waals surface area contributed by atoms with E-state index in [0.717, 1.165) is 19.2 Å². The molecule has 0 unspecified atom stereocenters. The van der Waals surface area contributed by atoms with E-state index in [-0.39, 0.29) is 12.2 Å². The second-order valence-electron chi connectivity index (χ2n) is 7.70. The van der Waals surface area contributed by atoms with Crippen molar-refractivity contribution in [2.24, 2.45) is 0 Å². The molecule has 0 aliphatic carbocycles. The lowest BCUT2D eigenvalue weighted by Crippen LogP contribution is -2.44. The molecule has 31 heavy (non-hydrogen) atoms. The van der Waals surface area contributed by atoms with Crippen molar-refractivity contribution in [2.75, 3.05) is 44.9 Å². The minimum absolute atomic E-state index is 0.00736. The molecule has 0 spiro atoms. The van der Waals surface area contributed by atoms with Gasteiger partial charge in [0.2, 0.25) is 12.2 Å². The summed E-state index contributed by atoms with van der Waals surface area (Å²) in [5.41, 5.74) is 0.231. The molecule has 1 saturated heterocycles. The topological polar surface area (TPSA) is 84.2 Å². The van der Waals surface area contributed by atoms with Gasteiger partial charge in [-0.1, -0.05) is 0 Å². The zero-order valence-electron chi connectivity index (χ0n) is 16.8. The number of halogens is 1. The van der Waals surface area contributed by atoms with Crippen molar-refractivity contribution in [3.63, 3.8) is 0 Å². The number of rotatable bonds is 3. The fraction of sp³-hybridized carbons (Fsp3) is 0.273. The van der Waals surface area contributed by atoms with Gasteiger partial charge in [-0.25, -0.2) is 9.18 Å². The van der Waals surface area contributed by atoms with Gasteiger partial charge in [-0.2, -0.15) is 0 Å². The molecule has 0 saturated carbocycles. The van der Waals surface area contributed by atoms with E-state index in [2.05, 4.69) is 4.90 Å². The van der Waals surface area contributed by atoms with Crippen molar-refractivity contribution in [1.82, 2.24) is 9.47 Å². The van der Waals surface area contributed by atoms with E-state index in [9.17, 15) is 14.7 Å². The van der Waals surface area contributed by atoms with E-state index in [1.807, 2.05) is 11.9 Å². The molecule has 1 aromatic heterocycles. The number of nitrogens with zero attached hydrogens (tertiary/aromatic N) is 3. The number of pyridine rings is 1. The number of likely N-dealkylation sites (N-methyl/N-ethyl adjacent to an activating group) is 1. The van der Waals surface area contributed by atoms with Crippen LogP contribution in [-0.4, -0.2) is 60.6 Å². The number of piperazine rings is 1. The van der Waals surface area contributed by atoms with Gasteiger partial charge < -0.3 is 28.9 Å². The van der Waals surface area contributed by atoms with E-state index in [1.54, 1.807) is 28.8 Å². The molecule has 0 radical (unpaired) electrons. The first kappa shape index (κ1) is 19.4. The van der Waals surface area contributed by atoms with E-state index >= 15 is 4.39 Å². The minimum atomic E-state index is -1.37. The van der Waals surface area contributed by atoms with Gasteiger partial charge in [-0.3, -0.25) is 4.79 Å². The number of carbonyl (C=O) groups is 1. The highest BCUT2D eigenvalue weighted by atomic mass is 19.1. The van der Waals surface area contributed by atoms with Gasteiger partial charge in [0.1, 0.15) is 11.4 Å². The fourth-order valence-corrected chi connectivity index (χ4v) is 4.03. The Balaban J connectivity index is 1.74. The molecule has 2 aliphatic rings. The summed E-state index contributed by atoms with van der Waals surface area (Å²) in [5, 5.41) is 9.55. The van der Waals surface area contributed by atoms with Crippen LogP contribution >= 0.6 is 0 Å². The standard InChI is InChI=1S/C22H20FN3O5/c1-24-4-6-25(7-5-24)18-10-17-14(9-16(18)23)21(27)15(22(28)29)11-26(17)13-2-3-19-20(8-13)31-12-30-19/h2-3,8-11H,4-7,12H2,1H3,(H,28,29). The maximum atomic E-state index is 15.0. The second-order valence-corrected chi connectivity index (χ2v) is 7.70. The Morgan fingerprint density at radius 2 is 1.81 bits per heavy atom. The lowest BCUT2D eigenvalue weighted by atomic mass is 10.1. The third-order valence-electron chi connectivity index (χ3n) is 5.78. The molecule has 9 heteroatoms. The zero-order chi connectivity index (χ0) is 21.7. The first-order valence-corrected chi connectivity index (χ1v) is 9.88. The molecule has 1 fully saturated rings. The molecule has 0 atom stereocenters. The van der Waals surface area contributed by atoms with Crippen molar-refractivity contribution >= 4 is 22.6 Å². The fourth-order valence-electron chi connectivity index (χ4n) is 4.03. The Morgan fingerprint density at radius 1 is 1.06 bits per heavy atom. The normalized spacial score (nSPS) is 16.1. The number of aromatic nitrogens is 1. The molecule has 3 aromatic rings. The average Bonchev–Trinajstić information content (AvgIpc) is 3.22. The number of carboxylic acids is 1. The van der Waals surface area contributed by atoms with Crippen LogP contribution < -0.4 is 19.8 Å². The quantitative estimate of drug-likeness (QED) is 0.689. The summed E-state index contributed by atoms with van der Waals surface area (Å²) in [4.78, 5) is 28.6. The van der Waals surface area contributed by atoms with Crippen LogP contribution in [0, 0.1) is 5.82 Å². The number of fused-ring (bicyclic) bond motifs is 2. The summed E-state index contributed by atoms with van der Waals surface area (Å²) < 4.78 is 27.4. The van der Waals surface area contributed by atoms with Crippen LogP contribution in [0.1, 0.15) is 10.4 Å². The average molecular weight is 425 g/mol. The monoisotopic (exact) mass is 425 g/mol. The van der Waals surface area contributed by atoms with E-state index in [1.165, 1.54) is 6.20 Å². The maximum Gasteiger partial charge on any atom is 0.341 e. The molecular formula is C22H20FN3O5. The number of anilines is 1. The second kappa shape index (κ2) is 7.28. The summed E-state index contributed by atoms with van der Waals surface area (Å²) in [6.07, 6.45) is 1.27. The van der Waals surface area contributed by atoms with Crippen molar-refractivity contribution in [3.05, 3.63) is 58.1 Å². The largest absolute Gasteiger partial charge is 0.477 e. The Kier molecular flexibility index (Phi) is 4.55. The van der Waals surface area contributed by atoms with Crippen molar-refractivity contribution in [1.29, 1.82) is 0 Å². The summed E-state index contributed by atoms with van der Waals surface area (Å²) >= 11 is 0. The Hall–Kier alpha value is -3.59. The Labute approximate surface area is 176 Å². The third kappa shape index (κ3) is 3.27. The summed E-state index contributed by atoms with van der Waals surface area (Å²) in [7, 11) is 2.01. The number of ether oxygens (including phenoxy) is 2. The number of benzene rings is 2. The molecule has 0 bridgehead atoms. The molecule has 2 aliphatic heterocycles. The molecule has 1 N–H and O–H groups in total. The molecule has 2 aromatic carbocycles. The van der Waals surface area contributed by atoms with Gasteiger partial charge >= 0.3 is 5.97 Å². The highest BCUT2D eigenvalue weighted by Crippen LogP contribution is 2.35. The molecule has 160 valence electrons. The van der Waals surface area contributed by atoms with Crippen molar-refractivity contribution < 1.29 is 23.8 Å². The van der Waals surface area contributed by atoms with Crippen LogP contribution in [0.3, 0.4) is 0 Å². The van der Waals surface area contributed by atoms with Gasteiger partial charge in [-0.15, -0.1) is 0 Å². The van der Waals surface area contributed by atoms with Crippen LogP contribution in [0.4, 0.5) is 10.1 Å². The van der Waals surface area contributed by atoms with Crippen LogP contribution in [0.15, 0.2) is 41.3 Å². The Bertz CT molecular complexity index is 1260. The SMILES string of the molecule is CN1CCN(c2cc3c(cc2F)c(=O)c(C(=O)O)cn3-c2ccc3c(c2)OCO3)CC1. The highest BCUT2D eigenvalue weighted by Gasteiger charge is 2.23. The smallest absolute Gasteiger partial charge is 0.341 e. The van der Waals surface area contributed by atoms with Crippen LogP contribution in [0.25, 0.3) is 16.6 Å². The van der Waals surface area contributed by atoms with Crippen molar-refractivity contribution in [3.8, 4) is 17.2 Å². The first-order valence-electron chi connectivity index (χ1n) is 9.88. The van der Waals surface area contributed by atoms with E-state index < -0.39 is 22.8 Å². The molecule has 5 rings (SSSR count). The summed E-state index contributed by atoms with van der Waals surface area (Å²) in [6, 6.07) is 7.92. The van der Waals surface area contributed by atoms with E-state index in [0.29, 0.717) is 41.5 Å².